The molecule has 1 aliphatic rings. The van der Waals surface area contributed by atoms with Crippen molar-refractivity contribution in [1.29, 1.82) is 0 Å². The minimum atomic E-state index is -3.73. The molecule has 0 radical (unpaired) electrons. The van der Waals surface area contributed by atoms with Gasteiger partial charge in [0.2, 0.25) is 10.0 Å². The van der Waals surface area contributed by atoms with Crippen molar-refractivity contribution in [2.45, 2.75) is 43.5 Å². The molecule has 0 saturated carbocycles. The fourth-order valence-corrected chi connectivity index (χ4v) is 5.92. The van der Waals surface area contributed by atoms with Crippen LogP contribution in [0.25, 0.3) is 11.1 Å². The van der Waals surface area contributed by atoms with Gasteiger partial charge in [-0.25, -0.2) is 8.42 Å². The molecule has 6 nitrogen and oxygen atoms in total. The third-order valence-electron chi connectivity index (χ3n) is 6.32. The Morgan fingerprint density at radius 3 is 2.43 bits per heavy atom. The Kier molecular flexibility index (Phi) is 9.20. The Labute approximate surface area is 208 Å². The van der Waals surface area contributed by atoms with Gasteiger partial charge in [0, 0.05) is 14.2 Å². The summed E-state index contributed by atoms with van der Waals surface area (Å²) in [5.74, 6) is 0.665. The van der Waals surface area contributed by atoms with Crippen LogP contribution in [0.1, 0.15) is 42.0 Å². The molecule has 186 valence electrons. The SMILES string of the molecule is CO.Cc1ccc(-c2cccc(S(=O)(=O)N(C)C3CCCCc4c(OCC=O)cccc43)c2)cc1. The predicted octanol–water partition coefficient (Wildman–Crippen LogP) is 4.94. The van der Waals surface area contributed by atoms with Crippen LogP contribution < -0.4 is 4.74 Å². The smallest absolute Gasteiger partial charge is 0.243 e. The topological polar surface area (TPSA) is 83.9 Å². The van der Waals surface area contributed by atoms with Gasteiger partial charge in [0.15, 0.2) is 6.29 Å². The van der Waals surface area contributed by atoms with Gasteiger partial charge < -0.3 is 9.84 Å². The summed E-state index contributed by atoms with van der Waals surface area (Å²) in [7, 11) is -1.07. The van der Waals surface area contributed by atoms with Crippen LogP contribution in [-0.4, -0.2) is 44.9 Å². The van der Waals surface area contributed by atoms with Gasteiger partial charge in [-0.1, -0.05) is 60.5 Å². The molecule has 3 aromatic carbocycles. The standard InChI is InChI=1S/C27H29NO4S.CH4O/c1-20-13-15-21(16-14-20)22-7-5-8-23(19-22)33(30,31)28(2)26-11-4-3-9-25-24(26)10-6-12-27(25)32-18-17-29;1-2/h5-8,10,12-17,19,26H,3-4,9,11,18H2,1-2H3;2H,1H3. The van der Waals surface area contributed by atoms with E-state index in [4.69, 9.17) is 9.84 Å². The number of carbonyl (C=O) groups excluding carboxylic acids is 1. The van der Waals surface area contributed by atoms with Crippen molar-refractivity contribution in [1.82, 2.24) is 4.31 Å². The van der Waals surface area contributed by atoms with Gasteiger partial charge in [-0.3, -0.25) is 4.79 Å². The van der Waals surface area contributed by atoms with Crippen molar-refractivity contribution in [3.63, 3.8) is 0 Å². The number of ether oxygens (including phenoxy) is 1. The first kappa shape index (κ1) is 26.6. The molecular formula is C28H33NO5S. The van der Waals surface area contributed by atoms with Gasteiger partial charge in [0.05, 0.1) is 10.9 Å². The molecule has 0 heterocycles. The zero-order chi connectivity index (χ0) is 25.4. The number of carbonyl (C=O) groups is 1. The highest BCUT2D eigenvalue weighted by Gasteiger charge is 2.32. The molecule has 0 amide bonds. The quantitative estimate of drug-likeness (QED) is 0.371. The zero-order valence-corrected chi connectivity index (χ0v) is 21.3. The van der Waals surface area contributed by atoms with Crippen LogP contribution in [0.5, 0.6) is 5.75 Å². The van der Waals surface area contributed by atoms with E-state index in [9.17, 15) is 13.2 Å². The molecule has 1 unspecified atom stereocenters. The first-order valence-corrected chi connectivity index (χ1v) is 13.1. The summed E-state index contributed by atoms with van der Waals surface area (Å²) in [4.78, 5) is 11.1. The van der Waals surface area contributed by atoms with E-state index < -0.39 is 10.0 Å². The van der Waals surface area contributed by atoms with Gasteiger partial charge in [0.25, 0.3) is 0 Å². The molecule has 7 heteroatoms. The van der Waals surface area contributed by atoms with E-state index in [-0.39, 0.29) is 17.5 Å². The number of aryl methyl sites for hydroxylation is 1. The van der Waals surface area contributed by atoms with Crippen molar-refractivity contribution >= 4 is 16.3 Å². The number of rotatable bonds is 7. The van der Waals surface area contributed by atoms with E-state index in [1.807, 2.05) is 55.5 Å². The van der Waals surface area contributed by atoms with E-state index in [0.717, 1.165) is 66.9 Å². The second-order valence-electron chi connectivity index (χ2n) is 8.48. The molecule has 0 fully saturated rings. The number of sulfonamides is 1. The first-order chi connectivity index (χ1) is 16.9. The van der Waals surface area contributed by atoms with Crippen LogP contribution >= 0.6 is 0 Å². The molecule has 0 spiro atoms. The van der Waals surface area contributed by atoms with E-state index in [0.29, 0.717) is 5.75 Å². The lowest BCUT2D eigenvalue weighted by Crippen LogP contribution is -2.31. The molecule has 3 aromatic rings. The predicted molar refractivity (Wildman–Crippen MR) is 138 cm³/mol. The summed E-state index contributed by atoms with van der Waals surface area (Å²) in [6.45, 7) is 2.01. The Bertz CT molecular complexity index is 1240. The van der Waals surface area contributed by atoms with Gasteiger partial charge in [-0.15, -0.1) is 0 Å². The van der Waals surface area contributed by atoms with Crippen molar-refractivity contribution in [3.8, 4) is 16.9 Å². The van der Waals surface area contributed by atoms with E-state index >= 15 is 0 Å². The highest BCUT2D eigenvalue weighted by molar-refractivity contribution is 7.89. The normalized spacial score (nSPS) is 15.4. The number of fused-ring (bicyclic) bond motifs is 1. The Morgan fingerprint density at radius 2 is 1.71 bits per heavy atom. The monoisotopic (exact) mass is 495 g/mol. The third kappa shape index (κ3) is 5.99. The molecule has 4 rings (SSSR count). The van der Waals surface area contributed by atoms with Crippen molar-refractivity contribution in [2.75, 3.05) is 20.8 Å². The second kappa shape index (κ2) is 12.1. The van der Waals surface area contributed by atoms with Gasteiger partial charge in [-0.05, 0) is 66.6 Å². The van der Waals surface area contributed by atoms with Crippen molar-refractivity contribution < 1.29 is 23.1 Å². The van der Waals surface area contributed by atoms with Gasteiger partial charge in [0.1, 0.15) is 12.4 Å². The maximum atomic E-state index is 13.7. The highest BCUT2D eigenvalue weighted by atomic mass is 32.2. The summed E-state index contributed by atoms with van der Waals surface area (Å²) in [5, 5.41) is 7.00. The average molecular weight is 496 g/mol. The lowest BCUT2D eigenvalue weighted by molar-refractivity contribution is -0.109. The minimum Gasteiger partial charge on any atom is -0.486 e. The molecule has 0 aromatic heterocycles. The second-order valence-corrected chi connectivity index (χ2v) is 10.5. The maximum Gasteiger partial charge on any atom is 0.243 e. The molecule has 1 N–H and O–H groups in total. The summed E-state index contributed by atoms with van der Waals surface area (Å²) in [6.07, 6.45) is 4.12. The third-order valence-corrected chi connectivity index (χ3v) is 8.19. The summed E-state index contributed by atoms with van der Waals surface area (Å²) in [6, 6.07) is 20.6. The van der Waals surface area contributed by atoms with Crippen LogP contribution in [0.3, 0.4) is 0 Å². The Balaban J connectivity index is 0.00000167. The van der Waals surface area contributed by atoms with E-state index in [1.54, 1.807) is 25.2 Å². The Morgan fingerprint density at radius 1 is 1.00 bits per heavy atom. The number of nitrogens with zero attached hydrogens (tertiary/aromatic N) is 1. The molecule has 1 aliphatic carbocycles. The molecule has 0 aliphatic heterocycles. The largest absolute Gasteiger partial charge is 0.486 e. The average Bonchev–Trinajstić information content (AvgIpc) is 3.11. The minimum absolute atomic E-state index is 0.0128. The lowest BCUT2D eigenvalue weighted by Gasteiger charge is -2.29. The van der Waals surface area contributed by atoms with E-state index in [2.05, 4.69) is 0 Å². The molecule has 0 bridgehead atoms. The number of aliphatic hydroxyl groups excluding tert-OH is 1. The van der Waals surface area contributed by atoms with Crippen molar-refractivity contribution in [3.05, 3.63) is 83.4 Å². The molecule has 35 heavy (non-hydrogen) atoms. The lowest BCUT2D eigenvalue weighted by atomic mass is 9.98. The summed E-state index contributed by atoms with van der Waals surface area (Å²) < 4.78 is 34.5. The van der Waals surface area contributed by atoms with Gasteiger partial charge in [-0.2, -0.15) is 4.31 Å². The summed E-state index contributed by atoms with van der Waals surface area (Å²) >= 11 is 0. The number of hydrogen-bond donors (Lipinski definition) is 1. The van der Waals surface area contributed by atoms with Gasteiger partial charge >= 0.3 is 0 Å². The number of aliphatic hydroxyl groups is 1. The van der Waals surface area contributed by atoms with Crippen LogP contribution in [-0.2, 0) is 21.2 Å². The van der Waals surface area contributed by atoms with Crippen LogP contribution in [0.4, 0.5) is 0 Å². The van der Waals surface area contributed by atoms with Crippen molar-refractivity contribution in [2.24, 2.45) is 0 Å². The van der Waals surface area contributed by atoms with Crippen LogP contribution in [0, 0.1) is 6.92 Å². The Hall–Kier alpha value is -3.00. The fourth-order valence-electron chi connectivity index (χ4n) is 4.51. The molecular weight excluding hydrogens is 462 g/mol. The first-order valence-electron chi connectivity index (χ1n) is 11.7. The number of benzene rings is 3. The number of aldehydes is 1. The van der Waals surface area contributed by atoms with E-state index in [1.165, 1.54) is 4.31 Å². The molecule has 0 saturated heterocycles. The maximum absolute atomic E-state index is 13.7. The summed E-state index contributed by atoms with van der Waals surface area (Å²) in [5.41, 5.74) is 4.96. The number of hydrogen-bond acceptors (Lipinski definition) is 5. The highest BCUT2D eigenvalue weighted by Crippen LogP contribution is 2.39. The molecule has 1 atom stereocenters. The van der Waals surface area contributed by atoms with Crippen LogP contribution in [0.2, 0.25) is 0 Å². The fraction of sp³-hybridized carbons (Fsp3) is 0.321. The van der Waals surface area contributed by atoms with Crippen LogP contribution in [0.15, 0.2) is 71.6 Å². The zero-order valence-electron chi connectivity index (χ0n) is 20.5.